The first-order valence-electron chi connectivity index (χ1n) is 6.37. The second-order valence-electron chi connectivity index (χ2n) is 5.59. The zero-order chi connectivity index (χ0) is 13.6. The molecule has 1 fully saturated rings. The van der Waals surface area contributed by atoms with Gasteiger partial charge in [0.15, 0.2) is 17.8 Å². The van der Waals surface area contributed by atoms with E-state index >= 15 is 0 Å². The monoisotopic (exact) mass is 284 g/mol. The maximum absolute atomic E-state index is 6.29. The third-order valence-corrected chi connectivity index (χ3v) is 3.63. The molecular weight excluding hydrogens is 268 g/mol. The Hall–Kier alpha value is -0.970. The summed E-state index contributed by atoms with van der Waals surface area (Å²) < 4.78 is 22.5. The van der Waals surface area contributed by atoms with E-state index in [1.54, 1.807) is 6.07 Å². The molecule has 0 bridgehead atoms. The molecule has 19 heavy (non-hydrogen) atoms. The van der Waals surface area contributed by atoms with Crippen molar-refractivity contribution in [3.05, 3.63) is 22.7 Å². The zero-order valence-electron chi connectivity index (χ0n) is 11.2. The van der Waals surface area contributed by atoms with Crippen molar-refractivity contribution in [2.75, 3.05) is 6.79 Å². The van der Waals surface area contributed by atoms with Gasteiger partial charge in [0.05, 0.1) is 16.7 Å². The summed E-state index contributed by atoms with van der Waals surface area (Å²) in [7, 11) is 0. The Morgan fingerprint density at radius 1 is 1.21 bits per heavy atom. The van der Waals surface area contributed by atoms with Crippen LogP contribution in [0.2, 0.25) is 5.02 Å². The van der Waals surface area contributed by atoms with Crippen LogP contribution in [0.25, 0.3) is 0 Å². The van der Waals surface area contributed by atoms with E-state index in [9.17, 15) is 0 Å². The minimum absolute atomic E-state index is 0.121. The molecule has 104 valence electrons. The Bertz CT molecular complexity index is 500. The number of ether oxygens (including phenoxy) is 4. The van der Waals surface area contributed by atoms with Crippen molar-refractivity contribution in [2.24, 2.45) is 0 Å². The Balaban J connectivity index is 1.93. The average Bonchev–Trinajstić information content (AvgIpc) is 2.71. The first-order chi connectivity index (χ1) is 8.94. The average molecular weight is 285 g/mol. The van der Waals surface area contributed by atoms with Gasteiger partial charge in [0.25, 0.3) is 0 Å². The summed E-state index contributed by atoms with van der Waals surface area (Å²) in [5.74, 6) is 1.35. The Morgan fingerprint density at radius 2 is 1.89 bits per heavy atom. The van der Waals surface area contributed by atoms with E-state index in [0.29, 0.717) is 16.5 Å². The highest BCUT2D eigenvalue weighted by molar-refractivity contribution is 6.31. The minimum atomic E-state index is -0.472. The summed E-state index contributed by atoms with van der Waals surface area (Å²) in [5, 5.41) is 0.569. The molecule has 1 aromatic carbocycles. The SMILES string of the molecule is C[C@H]1CC(C)(C)O[C@@H](c2cc3c(cc2Cl)OCO3)O1. The van der Waals surface area contributed by atoms with Crippen molar-refractivity contribution in [3.63, 3.8) is 0 Å². The summed E-state index contributed by atoms with van der Waals surface area (Å²) in [6, 6.07) is 3.58. The predicted molar refractivity (Wildman–Crippen MR) is 70.6 cm³/mol. The summed E-state index contributed by atoms with van der Waals surface area (Å²) in [6.07, 6.45) is 0.502. The van der Waals surface area contributed by atoms with Crippen LogP contribution in [0.5, 0.6) is 11.5 Å². The molecule has 0 aromatic heterocycles. The molecule has 0 saturated carbocycles. The van der Waals surface area contributed by atoms with E-state index in [4.69, 9.17) is 30.5 Å². The summed E-state index contributed by atoms with van der Waals surface area (Å²) in [6.45, 7) is 6.38. The van der Waals surface area contributed by atoms with Crippen LogP contribution < -0.4 is 9.47 Å². The molecule has 0 unspecified atom stereocenters. The Kier molecular flexibility index (Phi) is 3.12. The Morgan fingerprint density at radius 3 is 2.58 bits per heavy atom. The summed E-state index contributed by atoms with van der Waals surface area (Å²) in [4.78, 5) is 0. The van der Waals surface area contributed by atoms with Gasteiger partial charge >= 0.3 is 0 Å². The van der Waals surface area contributed by atoms with Crippen molar-refractivity contribution in [2.45, 2.75) is 45.2 Å². The lowest BCUT2D eigenvalue weighted by Gasteiger charge is -2.39. The van der Waals surface area contributed by atoms with Gasteiger partial charge in [-0.15, -0.1) is 0 Å². The molecule has 1 saturated heterocycles. The quantitative estimate of drug-likeness (QED) is 0.788. The fraction of sp³-hybridized carbons (Fsp3) is 0.571. The van der Waals surface area contributed by atoms with Crippen LogP contribution in [0.3, 0.4) is 0 Å². The fourth-order valence-corrected chi connectivity index (χ4v) is 2.81. The van der Waals surface area contributed by atoms with E-state index in [-0.39, 0.29) is 18.5 Å². The third kappa shape index (κ3) is 2.53. The highest BCUT2D eigenvalue weighted by atomic mass is 35.5. The topological polar surface area (TPSA) is 36.9 Å². The minimum Gasteiger partial charge on any atom is -0.454 e. The van der Waals surface area contributed by atoms with Crippen molar-refractivity contribution in [1.29, 1.82) is 0 Å². The van der Waals surface area contributed by atoms with Crippen LogP contribution in [0.15, 0.2) is 12.1 Å². The molecular formula is C14H17ClO4. The van der Waals surface area contributed by atoms with E-state index < -0.39 is 6.29 Å². The number of hydrogen-bond donors (Lipinski definition) is 0. The molecule has 2 aliphatic heterocycles. The maximum atomic E-state index is 6.29. The van der Waals surface area contributed by atoms with Gasteiger partial charge in [-0.1, -0.05) is 11.6 Å². The first-order valence-corrected chi connectivity index (χ1v) is 6.75. The summed E-state index contributed by atoms with van der Waals surface area (Å²) in [5.41, 5.74) is 0.549. The predicted octanol–water partition coefficient (Wildman–Crippen LogP) is 3.67. The van der Waals surface area contributed by atoms with Crippen molar-refractivity contribution in [3.8, 4) is 11.5 Å². The van der Waals surface area contributed by atoms with E-state index in [0.717, 1.165) is 12.0 Å². The van der Waals surface area contributed by atoms with Crippen molar-refractivity contribution < 1.29 is 18.9 Å². The molecule has 0 spiro atoms. The number of benzene rings is 1. The molecule has 0 radical (unpaired) electrons. The zero-order valence-corrected chi connectivity index (χ0v) is 12.0. The number of hydrogen-bond acceptors (Lipinski definition) is 4. The molecule has 2 atom stereocenters. The van der Waals surface area contributed by atoms with Gasteiger partial charge in [-0.05, 0) is 26.8 Å². The van der Waals surface area contributed by atoms with Crippen LogP contribution >= 0.6 is 11.6 Å². The molecule has 3 rings (SSSR count). The highest BCUT2D eigenvalue weighted by Crippen LogP contribution is 2.43. The van der Waals surface area contributed by atoms with Gasteiger partial charge in [0, 0.05) is 18.1 Å². The molecule has 5 heteroatoms. The lowest BCUT2D eigenvalue weighted by atomic mass is 9.99. The van der Waals surface area contributed by atoms with Gasteiger partial charge in [-0.2, -0.15) is 0 Å². The van der Waals surface area contributed by atoms with Crippen LogP contribution in [-0.4, -0.2) is 18.5 Å². The van der Waals surface area contributed by atoms with Gasteiger partial charge < -0.3 is 18.9 Å². The third-order valence-electron chi connectivity index (χ3n) is 3.31. The van der Waals surface area contributed by atoms with E-state index in [1.165, 1.54) is 0 Å². The molecule has 0 N–H and O–H groups in total. The van der Waals surface area contributed by atoms with Gasteiger partial charge in [0.2, 0.25) is 6.79 Å². The van der Waals surface area contributed by atoms with Crippen LogP contribution in [-0.2, 0) is 9.47 Å². The van der Waals surface area contributed by atoms with Crippen molar-refractivity contribution in [1.82, 2.24) is 0 Å². The second-order valence-corrected chi connectivity index (χ2v) is 5.99. The smallest absolute Gasteiger partial charge is 0.231 e. The van der Waals surface area contributed by atoms with Crippen LogP contribution in [0.1, 0.15) is 39.0 Å². The number of rotatable bonds is 1. The summed E-state index contributed by atoms with van der Waals surface area (Å²) >= 11 is 6.29. The molecule has 4 nitrogen and oxygen atoms in total. The van der Waals surface area contributed by atoms with E-state index in [2.05, 4.69) is 13.8 Å². The highest BCUT2D eigenvalue weighted by Gasteiger charge is 2.35. The molecule has 0 amide bonds. The standard InChI is InChI=1S/C14H17ClO4/c1-8-6-14(2,3)19-13(18-8)9-4-11-12(5-10(9)15)17-7-16-11/h4-5,8,13H,6-7H2,1-3H3/t8-,13-/m0/s1. The van der Waals surface area contributed by atoms with Gasteiger partial charge in [0.1, 0.15) is 0 Å². The van der Waals surface area contributed by atoms with Crippen molar-refractivity contribution >= 4 is 11.6 Å². The second kappa shape index (κ2) is 4.54. The number of halogens is 1. The maximum Gasteiger partial charge on any atom is 0.231 e. The van der Waals surface area contributed by atoms with Crippen LogP contribution in [0.4, 0.5) is 0 Å². The molecule has 2 heterocycles. The lowest BCUT2D eigenvalue weighted by molar-refractivity contribution is -0.273. The fourth-order valence-electron chi connectivity index (χ4n) is 2.57. The largest absolute Gasteiger partial charge is 0.454 e. The molecule has 1 aromatic rings. The first kappa shape index (κ1) is 13.0. The molecule has 2 aliphatic rings. The molecule has 0 aliphatic carbocycles. The normalized spacial score (nSPS) is 28.4. The Labute approximate surface area is 117 Å². The lowest BCUT2D eigenvalue weighted by Crippen LogP contribution is -2.39. The van der Waals surface area contributed by atoms with E-state index in [1.807, 2.05) is 13.0 Å². The van der Waals surface area contributed by atoms with Crippen LogP contribution in [0, 0.1) is 0 Å². The van der Waals surface area contributed by atoms with Gasteiger partial charge in [-0.3, -0.25) is 0 Å². The van der Waals surface area contributed by atoms with Gasteiger partial charge in [-0.25, -0.2) is 0 Å². The number of fused-ring (bicyclic) bond motifs is 1.